The summed E-state index contributed by atoms with van der Waals surface area (Å²) < 4.78 is 0. The van der Waals surface area contributed by atoms with Gasteiger partial charge in [-0.15, -0.1) is 11.3 Å². The zero-order chi connectivity index (χ0) is 12.9. The quantitative estimate of drug-likeness (QED) is 0.816. The molecule has 1 rings (SSSR count). The minimum Gasteiger partial charge on any atom is -0.344 e. The van der Waals surface area contributed by atoms with Gasteiger partial charge in [-0.3, -0.25) is 4.79 Å². The third-order valence-electron chi connectivity index (χ3n) is 2.82. The molecule has 0 aliphatic carbocycles. The summed E-state index contributed by atoms with van der Waals surface area (Å²) in [5, 5.41) is 6.04. The van der Waals surface area contributed by atoms with Gasteiger partial charge in [0.05, 0.1) is 5.54 Å². The Kier molecular flexibility index (Phi) is 5.08. The van der Waals surface area contributed by atoms with Crippen LogP contribution in [-0.4, -0.2) is 17.4 Å². The molecule has 1 atom stereocenters. The fourth-order valence-corrected chi connectivity index (χ4v) is 2.52. The molecule has 1 aromatic heterocycles. The van der Waals surface area contributed by atoms with E-state index in [0.717, 1.165) is 23.5 Å². The van der Waals surface area contributed by atoms with Gasteiger partial charge < -0.3 is 11.1 Å². The van der Waals surface area contributed by atoms with Crippen molar-refractivity contribution in [3.05, 3.63) is 16.1 Å². The summed E-state index contributed by atoms with van der Waals surface area (Å²) in [4.78, 5) is 16.2. The Hall–Kier alpha value is -0.940. The first-order chi connectivity index (χ1) is 8.01. The second-order valence-electron chi connectivity index (χ2n) is 4.42. The molecule has 1 heterocycles. The Morgan fingerprint density at radius 1 is 1.65 bits per heavy atom. The van der Waals surface area contributed by atoms with Gasteiger partial charge in [0.2, 0.25) is 5.91 Å². The van der Waals surface area contributed by atoms with Crippen LogP contribution in [0, 0.1) is 6.92 Å². The lowest BCUT2D eigenvalue weighted by Crippen LogP contribution is -2.43. The SMILES string of the molecule is CCC(C)(NC(=O)CCCN)c1nc(C)cs1. The number of nitrogens with two attached hydrogens (primary N) is 1. The number of nitrogens with one attached hydrogen (secondary N) is 1. The van der Waals surface area contributed by atoms with Crippen LogP contribution >= 0.6 is 11.3 Å². The lowest BCUT2D eigenvalue weighted by molar-refractivity contribution is -0.123. The van der Waals surface area contributed by atoms with E-state index in [-0.39, 0.29) is 11.4 Å². The van der Waals surface area contributed by atoms with E-state index in [9.17, 15) is 4.79 Å². The molecule has 4 nitrogen and oxygen atoms in total. The largest absolute Gasteiger partial charge is 0.344 e. The molecular formula is C12H21N3OS. The molecule has 1 aromatic rings. The number of aromatic nitrogens is 1. The van der Waals surface area contributed by atoms with Gasteiger partial charge >= 0.3 is 0 Å². The Balaban J connectivity index is 2.72. The van der Waals surface area contributed by atoms with Crippen molar-refractivity contribution in [2.75, 3.05) is 6.54 Å². The number of carbonyl (C=O) groups excluding carboxylic acids is 1. The minimum absolute atomic E-state index is 0.0488. The predicted molar refractivity (Wildman–Crippen MR) is 70.9 cm³/mol. The summed E-state index contributed by atoms with van der Waals surface area (Å²) in [6, 6.07) is 0. The van der Waals surface area contributed by atoms with Crippen LogP contribution in [0.5, 0.6) is 0 Å². The summed E-state index contributed by atoms with van der Waals surface area (Å²) in [5.74, 6) is 0.0488. The number of hydrogen-bond donors (Lipinski definition) is 2. The molecule has 0 aliphatic heterocycles. The van der Waals surface area contributed by atoms with Gasteiger partial charge in [-0.2, -0.15) is 0 Å². The number of thiazole rings is 1. The summed E-state index contributed by atoms with van der Waals surface area (Å²) >= 11 is 1.60. The van der Waals surface area contributed by atoms with Crippen molar-refractivity contribution in [3.63, 3.8) is 0 Å². The molecular weight excluding hydrogens is 234 g/mol. The van der Waals surface area contributed by atoms with Crippen LogP contribution in [0.3, 0.4) is 0 Å². The van der Waals surface area contributed by atoms with Crippen LogP contribution in [0.15, 0.2) is 5.38 Å². The Bertz CT molecular complexity index is 378. The highest BCUT2D eigenvalue weighted by molar-refractivity contribution is 7.09. The van der Waals surface area contributed by atoms with Gasteiger partial charge in [-0.25, -0.2) is 4.98 Å². The fourth-order valence-electron chi connectivity index (χ4n) is 1.53. The normalized spacial score (nSPS) is 14.4. The maximum Gasteiger partial charge on any atom is 0.220 e. The predicted octanol–water partition coefficient (Wildman–Crippen LogP) is 1.93. The lowest BCUT2D eigenvalue weighted by atomic mass is 9.99. The van der Waals surface area contributed by atoms with Crippen molar-refractivity contribution < 1.29 is 4.79 Å². The average molecular weight is 255 g/mol. The molecule has 96 valence electrons. The number of nitrogens with zero attached hydrogens (tertiary/aromatic N) is 1. The van der Waals surface area contributed by atoms with Crippen LogP contribution in [0.4, 0.5) is 0 Å². The number of carbonyl (C=O) groups is 1. The molecule has 0 aliphatic rings. The summed E-state index contributed by atoms with van der Waals surface area (Å²) in [5.41, 5.74) is 6.04. The van der Waals surface area contributed by atoms with Crippen LogP contribution in [0.25, 0.3) is 0 Å². The molecule has 0 spiro atoms. The minimum atomic E-state index is -0.357. The highest BCUT2D eigenvalue weighted by atomic mass is 32.1. The maximum atomic E-state index is 11.8. The summed E-state index contributed by atoms with van der Waals surface area (Å²) in [7, 11) is 0. The number of aryl methyl sites for hydroxylation is 1. The zero-order valence-corrected chi connectivity index (χ0v) is 11.6. The summed E-state index contributed by atoms with van der Waals surface area (Å²) in [6.07, 6.45) is 2.04. The van der Waals surface area contributed by atoms with E-state index in [1.807, 2.05) is 19.2 Å². The first kappa shape index (κ1) is 14.1. The lowest BCUT2D eigenvalue weighted by Gasteiger charge is -2.27. The van der Waals surface area contributed by atoms with Crippen molar-refractivity contribution in [2.45, 2.75) is 45.6 Å². The molecule has 0 aromatic carbocycles. The molecule has 1 amide bonds. The smallest absolute Gasteiger partial charge is 0.220 e. The third kappa shape index (κ3) is 3.78. The highest BCUT2D eigenvalue weighted by Gasteiger charge is 2.29. The molecule has 17 heavy (non-hydrogen) atoms. The zero-order valence-electron chi connectivity index (χ0n) is 10.7. The molecule has 0 bridgehead atoms. The molecule has 1 unspecified atom stereocenters. The molecule has 0 fully saturated rings. The summed E-state index contributed by atoms with van der Waals surface area (Å²) in [6.45, 7) is 6.59. The first-order valence-corrected chi connectivity index (χ1v) is 6.83. The highest BCUT2D eigenvalue weighted by Crippen LogP contribution is 2.27. The second kappa shape index (κ2) is 6.12. The van der Waals surface area contributed by atoms with Crippen LogP contribution < -0.4 is 11.1 Å². The van der Waals surface area contributed by atoms with Crippen molar-refractivity contribution in [1.29, 1.82) is 0 Å². The van der Waals surface area contributed by atoms with Gasteiger partial charge in [0.15, 0.2) is 0 Å². The van der Waals surface area contributed by atoms with E-state index in [4.69, 9.17) is 5.73 Å². The van der Waals surface area contributed by atoms with E-state index in [1.165, 1.54) is 0 Å². The van der Waals surface area contributed by atoms with E-state index in [2.05, 4.69) is 17.2 Å². The van der Waals surface area contributed by atoms with Crippen molar-refractivity contribution in [3.8, 4) is 0 Å². The van der Waals surface area contributed by atoms with Gasteiger partial charge in [-0.1, -0.05) is 6.92 Å². The Morgan fingerprint density at radius 3 is 2.82 bits per heavy atom. The van der Waals surface area contributed by atoms with Gasteiger partial charge in [0.25, 0.3) is 0 Å². The Labute approximate surface area is 107 Å². The van der Waals surface area contributed by atoms with E-state index >= 15 is 0 Å². The van der Waals surface area contributed by atoms with Crippen LogP contribution in [0.1, 0.15) is 43.8 Å². The van der Waals surface area contributed by atoms with Crippen molar-refractivity contribution in [1.82, 2.24) is 10.3 Å². The number of hydrogen-bond acceptors (Lipinski definition) is 4. The number of rotatable bonds is 6. The average Bonchev–Trinajstić information content (AvgIpc) is 2.73. The first-order valence-electron chi connectivity index (χ1n) is 5.95. The van der Waals surface area contributed by atoms with Crippen LogP contribution in [-0.2, 0) is 10.3 Å². The Morgan fingerprint density at radius 2 is 2.35 bits per heavy atom. The van der Waals surface area contributed by atoms with Crippen LogP contribution in [0.2, 0.25) is 0 Å². The van der Waals surface area contributed by atoms with E-state index in [1.54, 1.807) is 11.3 Å². The standard InChI is InChI=1S/C12H21N3OS/c1-4-12(3,11-14-9(2)8-17-11)15-10(16)6-5-7-13/h8H,4-7,13H2,1-3H3,(H,15,16). The monoisotopic (exact) mass is 255 g/mol. The third-order valence-corrected chi connectivity index (χ3v) is 4.05. The van der Waals surface area contributed by atoms with Gasteiger partial charge in [0, 0.05) is 17.5 Å². The van der Waals surface area contributed by atoms with Crippen molar-refractivity contribution >= 4 is 17.2 Å². The molecule has 0 radical (unpaired) electrons. The topological polar surface area (TPSA) is 68.0 Å². The molecule has 0 saturated carbocycles. The van der Waals surface area contributed by atoms with Crippen molar-refractivity contribution in [2.24, 2.45) is 5.73 Å². The molecule has 0 saturated heterocycles. The number of amides is 1. The second-order valence-corrected chi connectivity index (χ2v) is 5.28. The molecule has 3 N–H and O–H groups in total. The van der Waals surface area contributed by atoms with Gasteiger partial charge in [-0.05, 0) is 33.2 Å². The van der Waals surface area contributed by atoms with Gasteiger partial charge in [0.1, 0.15) is 5.01 Å². The molecule has 5 heteroatoms. The van der Waals surface area contributed by atoms with E-state index in [0.29, 0.717) is 13.0 Å². The maximum absolute atomic E-state index is 11.8. The fraction of sp³-hybridized carbons (Fsp3) is 0.667. The van der Waals surface area contributed by atoms with E-state index < -0.39 is 0 Å².